The van der Waals surface area contributed by atoms with Crippen molar-refractivity contribution in [3.05, 3.63) is 35.5 Å². The van der Waals surface area contributed by atoms with Crippen molar-refractivity contribution in [2.75, 3.05) is 13.6 Å². The van der Waals surface area contributed by atoms with Crippen molar-refractivity contribution >= 4 is 16.9 Å². The Bertz CT molecular complexity index is 637. The molecule has 0 unspecified atom stereocenters. The smallest absolute Gasteiger partial charge is 0.191 e. The molecule has 0 saturated heterocycles. The van der Waals surface area contributed by atoms with Crippen molar-refractivity contribution in [1.29, 1.82) is 0 Å². The second-order valence-electron chi connectivity index (χ2n) is 5.64. The molecule has 1 aliphatic rings. The molecule has 4 nitrogen and oxygen atoms in total. The molecule has 2 aromatic rings. The van der Waals surface area contributed by atoms with Crippen LogP contribution in [0.15, 0.2) is 29.4 Å². The molecule has 0 aliphatic heterocycles. The number of guanidine groups is 1. The van der Waals surface area contributed by atoms with E-state index in [1.54, 1.807) is 0 Å². The van der Waals surface area contributed by atoms with Crippen LogP contribution in [0.1, 0.15) is 24.0 Å². The van der Waals surface area contributed by atoms with Crippen molar-refractivity contribution in [1.82, 2.24) is 9.88 Å². The Morgan fingerprint density at radius 2 is 2.25 bits per heavy atom. The molecule has 3 N–H and O–H groups in total. The first-order valence-electron chi connectivity index (χ1n) is 7.25. The van der Waals surface area contributed by atoms with Crippen LogP contribution >= 0.6 is 0 Å². The van der Waals surface area contributed by atoms with Gasteiger partial charge in [0, 0.05) is 36.7 Å². The summed E-state index contributed by atoms with van der Waals surface area (Å²) in [6.45, 7) is 2.87. The summed E-state index contributed by atoms with van der Waals surface area (Å²) in [6.07, 6.45) is 5.50. The van der Waals surface area contributed by atoms with Crippen LogP contribution in [0.5, 0.6) is 0 Å². The average molecular weight is 270 g/mol. The SMILES string of the molecule is Cc1cccc2c(CCN=C(N)N(C)C3CC3)c[nH]c12. The lowest BCUT2D eigenvalue weighted by Gasteiger charge is -2.16. The van der Waals surface area contributed by atoms with Gasteiger partial charge in [-0.1, -0.05) is 18.2 Å². The minimum absolute atomic E-state index is 0.620. The van der Waals surface area contributed by atoms with Crippen LogP contribution in [-0.4, -0.2) is 35.5 Å². The molecule has 3 rings (SSSR count). The molecular formula is C16H22N4. The van der Waals surface area contributed by atoms with Gasteiger partial charge < -0.3 is 15.6 Å². The van der Waals surface area contributed by atoms with E-state index < -0.39 is 0 Å². The fraction of sp³-hybridized carbons (Fsp3) is 0.438. The minimum atomic E-state index is 0.620. The zero-order chi connectivity index (χ0) is 14.1. The number of para-hydroxylation sites is 1. The summed E-state index contributed by atoms with van der Waals surface area (Å²) in [6, 6.07) is 7.02. The molecule has 0 radical (unpaired) electrons. The zero-order valence-corrected chi connectivity index (χ0v) is 12.2. The van der Waals surface area contributed by atoms with Gasteiger partial charge in [-0.2, -0.15) is 0 Å². The second-order valence-corrected chi connectivity index (χ2v) is 5.64. The first kappa shape index (κ1) is 13.0. The molecular weight excluding hydrogens is 248 g/mol. The van der Waals surface area contributed by atoms with Crippen LogP contribution in [-0.2, 0) is 6.42 Å². The Morgan fingerprint density at radius 3 is 3.00 bits per heavy atom. The number of aromatic amines is 1. The number of benzene rings is 1. The van der Waals surface area contributed by atoms with Crippen LogP contribution in [0.2, 0.25) is 0 Å². The molecule has 0 bridgehead atoms. The largest absolute Gasteiger partial charge is 0.370 e. The number of fused-ring (bicyclic) bond motifs is 1. The Morgan fingerprint density at radius 1 is 1.45 bits per heavy atom. The monoisotopic (exact) mass is 270 g/mol. The second kappa shape index (κ2) is 5.19. The standard InChI is InChI=1S/C16H22N4/c1-11-4-3-5-14-12(10-19-15(11)14)8-9-18-16(17)20(2)13-6-7-13/h3-5,10,13,19H,6-9H2,1-2H3,(H2,17,18). The van der Waals surface area contributed by atoms with E-state index in [1.807, 2.05) is 7.05 Å². The number of nitrogens with one attached hydrogen (secondary N) is 1. The van der Waals surface area contributed by atoms with Gasteiger partial charge in [-0.15, -0.1) is 0 Å². The number of hydrogen-bond acceptors (Lipinski definition) is 1. The van der Waals surface area contributed by atoms with Crippen molar-refractivity contribution in [3.8, 4) is 0 Å². The normalized spacial score (nSPS) is 15.8. The molecule has 4 heteroatoms. The van der Waals surface area contributed by atoms with Gasteiger partial charge in [0.1, 0.15) is 0 Å². The third-order valence-corrected chi connectivity index (χ3v) is 4.12. The first-order valence-corrected chi connectivity index (χ1v) is 7.25. The highest BCUT2D eigenvalue weighted by atomic mass is 15.3. The Hall–Kier alpha value is -1.97. The van der Waals surface area contributed by atoms with E-state index in [0.717, 1.165) is 13.0 Å². The van der Waals surface area contributed by atoms with Gasteiger partial charge in [-0.3, -0.25) is 4.99 Å². The Kier molecular flexibility index (Phi) is 3.38. The number of aryl methyl sites for hydroxylation is 1. The number of rotatable bonds is 4. The van der Waals surface area contributed by atoms with Crippen LogP contribution in [0.25, 0.3) is 10.9 Å². The first-order chi connectivity index (χ1) is 9.66. The molecule has 106 valence electrons. The summed E-state index contributed by atoms with van der Waals surface area (Å²) in [4.78, 5) is 9.95. The molecule has 0 spiro atoms. The quantitative estimate of drug-likeness (QED) is 0.662. The third kappa shape index (κ3) is 2.50. The number of aliphatic imine (C=N–C) groups is 1. The van der Waals surface area contributed by atoms with E-state index in [0.29, 0.717) is 12.0 Å². The topological polar surface area (TPSA) is 57.4 Å². The van der Waals surface area contributed by atoms with Gasteiger partial charge in [0.2, 0.25) is 0 Å². The minimum Gasteiger partial charge on any atom is -0.370 e. The van der Waals surface area contributed by atoms with E-state index in [9.17, 15) is 0 Å². The van der Waals surface area contributed by atoms with Crippen LogP contribution < -0.4 is 5.73 Å². The lowest BCUT2D eigenvalue weighted by atomic mass is 10.1. The van der Waals surface area contributed by atoms with Gasteiger partial charge in [-0.25, -0.2) is 0 Å². The van der Waals surface area contributed by atoms with E-state index in [4.69, 9.17) is 5.73 Å². The maximum Gasteiger partial charge on any atom is 0.191 e. The van der Waals surface area contributed by atoms with Gasteiger partial charge in [0.05, 0.1) is 0 Å². The number of H-pyrrole nitrogens is 1. The molecule has 1 fully saturated rings. The lowest BCUT2D eigenvalue weighted by Crippen LogP contribution is -2.35. The number of aromatic nitrogens is 1. The zero-order valence-electron chi connectivity index (χ0n) is 12.2. The van der Waals surface area contributed by atoms with Gasteiger partial charge in [0.25, 0.3) is 0 Å². The van der Waals surface area contributed by atoms with Crippen molar-refractivity contribution in [3.63, 3.8) is 0 Å². The van der Waals surface area contributed by atoms with Gasteiger partial charge >= 0.3 is 0 Å². The van der Waals surface area contributed by atoms with E-state index in [2.05, 4.69) is 46.2 Å². The highest BCUT2D eigenvalue weighted by Crippen LogP contribution is 2.25. The Labute approximate surface area is 119 Å². The highest BCUT2D eigenvalue weighted by Gasteiger charge is 2.27. The summed E-state index contributed by atoms with van der Waals surface area (Å²) >= 11 is 0. The molecule has 0 atom stereocenters. The summed E-state index contributed by atoms with van der Waals surface area (Å²) in [5.74, 6) is 0.670. The maximum absolute atomic E-state index is 6.00. The predicted molar refractivity (Wildman–Crippen MR) is 84.0 cm³/mol. The van der Waals surface area contributed by atoms with Crippen LogP contribution in [0.4, 0.5) is 0 Å². The summed E-state index contributed by atoms with van der Waals surface area (Å²) in [7, 11) is 2.03. The van der Waals surface area contributed by atoms with Gasteiger partial charge in [0.15, 0.2) is 5.96 Å². The third-order valence-electron chi connectivity index (χ3n) is 4.12. The molecule has 1 saturated carbocycles. The van der Waals surface area contributed by atoms with E-state index >= 15 is 0 Å². The molecule has 1 aliphatic carbocycles. The highest BCUT2D eigenvalue weighted by molar-refractivity contribution is 5.86. The number of nitrogens with zero attached hydrogens (tertiary/aromatic N) is 2. The van der Waals surface area contributed by atoms with Crippen molar-refractivity contribution in [2.24, 2.45) is 10.7 Å². The van der Waals surface area contributed by atoms with Crippen molar-refractivity contribution < 1.29 is 0 Å². The summed E-state index contributed by atoms with van der Waals surface area (Å²) < 4.78 is 0. The van der Waals surface area contributed by atoms with E-state index in [1.165, 1.54) is 34.9 Å². The molecule has 1 heterocycles. The van der Waals surface area contributed by atoms with E-state index in [-0.39, 0.29) is 0 Å². The maximum atomic E-state index is 6.00. The lowest BCUT2D eigenvalue weighted by molar-refractivity contribution is 0.487. The predicted octanol–water partition coefficient (Wildman–Crippen LogP) is 2.43. The Balaban J connectivity index is 1.68. The molecule has 0 amide bonds. The van der Waals surface area contributed by atoms with Crippen LogP contribution in [0.3, 0.4) is 0 Å². The van der Waals surface area contributed by atoms with Crippen molar-refractivity contribution in [2.45, 2.75) is 32.2 Å². The average Bonchev–Trinajstić information content (AvgIpc) is 3.20. The summed E-state index contributed by atoms with van der Waals surface area (Å²) in [5, 5.41) is 1.30. The number of nitrogens with two attached hydrogens (primary N) is 1. The fourth-order valence-electron chi connectivity index (χ4n) is 2.62. The van der Waals surface area contributed by atoms with Crippen LogP contribution in [0, 0.1) is 6.92 Å². The summed E-state index contributed by atoms with van der Waals surface area (Å²) in [5.41, 5.74) is 9.83. The molecule has 1 aromatic heterocycles. The fourth-order valence-corrected chi connectivity index (χ4v) is 2.62. The molecule has 20 heavy (non-hydrogen) atoms. The van der Waals surface area contributed by atoms with Gasteiger partial charge in [-0.05, 0) is 37.3 Å². The molecule has 1 aromatic carbocycles. The number of hydrogen-bond donors (Lipinski definition) is 2.